The van der Waals surface area contributed by atoms with Crippen LogP contribution in [0.15, 0.2) is 17.1 Å². The van der Waals surface area contributed by atoms with Crippen LogP contribution >= 0.6 is 11.8 Å². The van der Waals surface area contributed by atoms with Crippen LogP contribution in [0.4, 0.5) is 0 Å². The van der Waals surface area contributed by atoms with Gasteiger partial charge in [-0.05, 0) is 26.0 Å². The molecule has 0 aromatic rings. The summed E-state index contributed by atoms with van der Waals surface area (Å²) in [7, 11) is 0. The molecule has 0 spiro atoms. The molecular formula is C15H25NO2S. The van der Waals surface area contributed by atoms with Gasteiger partial charge in [0, 0.05) is 11.8 Å². The Morgan fingerprint density at radius 3 is 2.58 bits per heavy atom. The molecule has 0 aromatic heterocycles. The molecule has 4 heteroatoms. The van der Waals surface area contributed by atoms with Crippen molar-refractivity contribution in [3.05, 3.63) is 12.2 Å². The van der Waals surface area contributed by atoms with Crippen molar-refractivity contribution in [3.8, 4) is 0 Å². The summed E-state index contributed by atoms with van der Waals surface area (Å²) >= 11 is 1.72. The highest BCUT2D eigenvalue weighted by molar-refractivity contribution is 8.14. The highest BCUT2D eigenvalue weighted by Crippen LogP contribution is 2.46. The number of hydrogen-bond donors (Lipinski definition) is 0. The molecule has 0 radical (unpaired) electrons. The summed E-state index contributed by atoms with van der Waals surface area (Å²) in [5.74, 6) is 0.756. The average Bonchev–Trinajstić information content (AvgIpc) is 2.51. The van der Waals surface area contributed by atoms with Crippen molar-refractivity contribution in [1.29, 1.82) is 0 Å². The van der Waals surface area contributed by atoms with Gasteiger partial charge in [-0.15, -0.1) is 18.3 Å². The van der Waals surface area contributed by atoms with Gasteiger partial charge in [-0.1, -0.05) is 26.3 Å². The Kier molecular flexibility index (Phi) is 5.25. The number of carbonyl (C=O) groups excluding carboxylic acids is 1. The lowest BCUT2D eigenvalue weighted by molar-refractivity contribution is -0.149. The van der Waals surface area contributed by atoms with Crippen LogP contribution < -0.4 is 0 Å². The molecule has 1 aliphatic rings. The molecule has 1 heterocycles. The Hall–Kier alpha value is -0.770. The van der Waals surface area contributed by atoms with Gasteiger partial charge in [0.15, 0.2) is 5.54 Å². The molecule has 1 rings (SSSR count). The van der Waals surface area contributed by atoms with Gasteiger partial charge in [-0.3, -0.25) is 4.99 Å². The number of hydrogen-bond acceptors (Lipinski definition) is 4. The molecule has 0 fully saturated rings. The minimum absolute atomic E-state index is 0.0666. The first kappa shape index (κ1) is 16.3. The predicted octanol–water partition coefficient (Wildman–Crippen LogP) is 3.84. The zero-order valence-corrected chi connectivity index (χ0v) is 13.5. The van der Waals surface area contributed by atoms with E-state index in [1.165, 1.54) is 0 Å². The zero-order valence-electron chi connectivity index (χ0n) is 12.7. The smallest absolute Gasteiger partial charge is 0.334 e. The maximum absolute atomic E-state index is 12.4. The zero-order chi connectivity index (χ0) is 14.7. The van der Waals surface area contributed by atoms with Crippen molar-refractivity contribution >= 4 is 22.8 Å². The summed E-state index contributed by atoms with van der Waals surface area (Å²) in [5, 5.41) is 1.06. The van der Waals surface area contributed by atoms with Gasteiger partial charge in [0.1, 0.15) is 0 Å². The van der Waals surface area contributed by atoms with Crippen molar-refractivity contribution in [2.24, 2.45) is 10.4 Å². The lowest BCUT2D eigenvalue weighted by Crippen LogP contribution is -2.38. The molecule has 19 heavy (non-hydrogen) atoms. The second-order valence-corrected chi connectivity index (χ2v) is 7.05. The maximum atomic E-state index is 12.4. The van der Waals surface area contributed by atoms with Gasteiger partial charge >= 0.3 is 5.97 Å². The molecule has 108 valence electrons. The quantitative estimate of drug-likeness (QED) is 0.568. The van der Waals surface area contributed by atoms with Crippen LogP contribution in [-0.4, -0.2) is 28.9 Å². The van der Waals surface area contributed by atoms with Gasteiger partial charge in [-0.25, -0.2) is 4.79 Å². The number of thioether (sulfide) groups is 1. The van der Waals surface area contributed by atoms with Crippen LogP contribution in [0.2, 0.25) is 0 Å². The average molecular weight is 283 g/mol. The Morgan fingerprint density at radius 1 is 1.47 bits per heavy atom. The molecule has 0 saturated carbocycles. The first-order valence-corrected chi connectivity index (χ1v) is 7.80. The van der Waals surface area contributed by atoms with E-state index in [1.807, 2.05) is 13.8 Å². The van der Waals surface area contributed by atoms with Gasteiger partial charge < -0.3 is 4.74 Å². The molecule has 0 bridgehead atoms. The van der Waals surface area contributed by atoms with E-state index in [0.717, 1.165) is 16.4 Å². The second kappa shape index (κ2) is 6.12. The lowest BCUT2D eigenvalue weighted by atomic mass is 9.80. The Balaban J connectivity index is 3.13. The van der Waals surface area contributed by atoms with Gasteiger partial charge in [0.05, 0.1) is 11.7 Å². The van der Waals surface area contributed by atoms with Crippen molar-refractivity contribution in [2.75, 3.05) is 12.4 Å². The van der Waals surface area contributed by atoms with E-state index in [2.05, 4.69) is 27.4 Å². The maximum Gasteiger partial charge on any atom is 0.334 e. The summed E-state index contributed by atoms with van der Waals surface area (Å²) in [5.41, 5.74) is 0.140. The van der Waals surface area contributed by atoms with Crippen LogP contribution in [0, 0.1) is 5.41 Å². The SMILES string of the molecule is C=C(C)CC1(C(=O)OCC)CC(C)(C)C(SCC)=N1. The van der Waals surface area contributed by atoms with Crippen molar-refractivity contribution < 1.29 is 9.53 Å². The van der Waals surface area contributed by atoms with E-state index in [9.17, 15) is 4.79 Å². The fraction of sp³-hybridized carbons (Fsp3) is 0.733. The molecule has 1 atom stereocenters. The standard InChI is InChI=1S/C15H25NO2S/c1-7-18-13(17)15(9-11(3)4)10-14(5,6)12(16-15)19-8-2/h3,7-10H2,1-2,4-6H3. The number of ether oxygens (including phenoxy) is 1. The summed E-state index contributed by atoms with van der Waals surface area (Å²) in [6.45, 7) is 14.5. The lowest BCUT2D eigenvalue weighted by Gasteiger charge is -2.27. The summed E-state index contributed by atoms with van der Waals surface area (Å²) < 4.78 is 5.25. The van der Waals surface area contributed by atoms with Gasteiger partial charge in [-0.2, -0.15) is 0 Å². The molecule has 0 saturated heterocycles. The number of carbonyl (C=O) groups is 1. The highest BCUT2D eigenvalue weighted by atomic mass is 32.2. The van der Waals surface area contributed by atoms with Crippen LogP contribution in [0.3, 0.4) is 0 Å². The fourth-order valence-electron chi connectivity index (χ4n) is 2.61. The molecule has 0 amide bonds. The number of esters is 1. The second-order valence-electron chi connectivity index (χ2n) is 5.80. The van der Waals surface area contributed by atoms with E-state index in [1.54, 1.807) is 11.8 Å². The third-order valence-electron chi connectivity index (χ3n) is 3.16. The number of nitrogens with zero attached hydrogens (tertiary/aromatic N) is 1. The molecule has 1 aliphatic heterocycles. The largest absolute Gasteiger partial charge is 0.464 e. The summed E-state index contributed by atoms with van der Waals surface area (Å²) in [6.07, 6.45) is 1.27. The van der Waals surface area contributed by atoms with Crippen molar-refractivity contribution in [1.82, 2.24) is 0 Å². The van der Waals surface area contributed by atoms with Crippen LogP contribution in [0.5, 0.6) is 0 Å². The van der Waals surface area contributed by atoms with E-state index in [0.29, 0.717) is 19.4 Å². The van der Waals surface area contributed by atoms with E-state index in [4.69, 9.17) is 9.73 Å². The van der Waals surface area contributed by atoms with Crippen molar-refractivity contribution in [3.63, 3.8) is 0 Å². The third kappa shape index (κ3) is 3.62. The minimum Gasteiger partial charge on any atom is -0.464 e. The Labute approximate surface area is 120 Å². The van der Waals surface area contributed by atoms with E-state index < -0.39 is 5.54 Å². The first-order valence-electron chi connectivity index (χ1n) is 6.82. The normalized spacial score (nSPS) is 25.0. The number of rotatable bonds is 5. The topological polar surface area (TPSA) is 38.7 Å². The Bertz CT molecular complexity index is 401. The van der Waals surface area contributed by atoms with Crippen LogP contribution in [0.1, 0.15) is 47.5 Å². The Morgan fingerprint density at radius 2 is 2.11 bits per heavy atom. The van der Waals surface area contributed by atoms with E-state index >= 15 is 0 Å². The summed E-state index contributed by atoms with van der Waals surface area (Å²) in [4.78, 5) is 17.1. The molecule has 0 N–H and O–H groups in total. The minimum atomic E-state index is -0.761. The fourth-order valence-corrected chi connectivity index (χ4v) is 3.59. The van der Waals surface area contributed by atoms with Crippen LogP contribution in [0.25, 0.3) is 0 Å². The molecule has 3 nitrogen and oxygen atoms in total. The van der Waals surface area contributed by atoms with E-state index in [-0.39, 0.29) is 11.4 Å². The molecule has 0 aromatic carbocycles. The van der Waals surface area contributed by atoms with Crippen LogP contribution in [-0.2, 0) is 9.53 Å². The molecule has 0 aliphatic carbocycles. The summed E-state index contributed by atoms with van der Waals surface area (Å²) in [6, 6.07) is 0. The first-order chi connectivity index (χ1) is 8.77. The molecular weight excluding hydrogens is 258 g/mol. The van der Waals surface area contributed by atoms with Gasteiger partial charge in [0.2, 0.25) is 0 Å². The molecule has 1 unspecified atom stereocenters. The van der Waals surface area contributed by atoms with Gasteiger partial charge in [0.25, 0.3) is 0 Å². The monoisotopic (exact) mass is 283 g/mol. The third-order valence-corrected chi connectivity index (χ3v) is 4.37. The highest BCUT2D eigenvalue weighted by Gasteiger charge is 2.51. The predicted molar refractivity (Wildman–Crippen MR) is 82.8 cm³/mol. The number of aliphatic imine (C=N–C) groups is 1. The van der Waals surface area contributed by atoms with Crippen molar-refractivity contribution in [2.45, 2.75) is 53.0 Å².